The summed E-state index contributed by atoms with van der Waals surface area (Å²) in [5.74, 6) is -0.280. The van der Waals surface area contributed by atoms with Crippen molar-refractivity contribution in [3.8, 4) is 0 Å². The lowest BCUT2D eigenvalue weighted by atomic mass is 10.1. The molecule has 1 aromatic carbocycles. The lowest BCUT2D eigenvalue weighted by Gasteiger charge is -2.13. The maximum Gasteiger partial charge on any atom is 0.418 e. The van der Waals surface area contributed by atoms with Crippen LogP contribution in [-0.4, -0.2) is 48.2 Å². The second kappa shape index (κ2) is 7.93. The molecule has 2 aromatic rings. The Morgan fingerprint density at radius 1 is 1.12 bits per heavy atom. The highest BCUT2D eigenvalue weighted by Crippen LogP contribution is 2.35. The highest BCUT2D eigenvalue weighted by Gasteiger charge is 2.33. The zero-order valence-corrected chi connectivity index (χ0v) is 13.8. The van der Waals surface area contributed by atoms with Gasteiger partial charge < -0.3 is 15.5 Å². The molecule has 25 heavy (non-hydrogen) atoms. The van der Waals surface area contributed by atoms with Gasteiger partial charge in [-0.3, -0.25) is 4.79 Å². The number of carbonyl (C=O) groups excluding carboxylic acids is 1. The largest absolute Gasteiger partial charge is 0.418 e. The number of carbonyl (C=O) groups is 1. The Balaban J connectivity index is 2.05. The number of likely N-dealkylation sites (N-methyl/N-ethyl adjacent to an activating group) is 1. The molecule has 1 aromatic heterocycles. The zero-order valence-electron chi connectivity index (χ0n) is 13.8. The van der Waals surface area contributed by atoms with Gasteiger partial charge in [-0.15, -0.1) is 10.2 Å². The molecule has 2 N–H and O–H groups in total. The predicted molar refractivity (Wildman–Crippen MR) is 87.6 cm³/mol. The molecule has 0 aliphatic carbocycles. The summed E-state index contributed by atoms with van der Waals surface area (Å²) in [6.07, 6.45) is -4.48. The molecule has 0 spiro atoms. The van der Waals surface area contributed by atoms with Crippen molar-refractivity contribution in [2.24, 2.45) is 0 Å². The monoisotopic (exact) mass is 353 g/mol. The van der Waals surface area contributed by atoms with Crippen molar-refractivity contribution in [2.45, 2.75) is 6.18 Å². The highest BCUT2D eigenvalue weighted by atomic mass is 19.4. The van der Waals surface area contributed by atoms with Crippen LogP contribution in [0.15, 0.2) is 36.4 Å². The number of alkyl halides is 3. The van der Waals surface area contributed by atoms with E-state index in [4.69, 9.17) is 0 Å². The Labute approximate surface area is 143 Å². The molecular weight excluding hydrogens is 335 g/mol. The number of aromatic nitrogens is 2. The summed E-state index contributed by atoms with van der Waals surface area (Å²) in [5, 5.41) is 12.8. The minimum absolute atomic E-state index is 0.0911. The molecule has 0 unspecified atom stereocenters. The van der Waals surface area contributed by atoms with Crippen LogP contribution in [0.1, 0.15) is 16.1 Å². The predicted octanol–water partition coefficient (Wildman–Crippen LogP) is 2.53. The second-order valence-electron chi connectivity index (χ2n) is 5.53. The summed E-state index contributed by atoms with van der Waals surface area (Å²) in [6, 6.07) is 7.87. The SMILES string of the molecule is CN(C)CCNC(=O)c1ccc(Nc2ccccc2C(F)(F)F)nn1. The average molecular weight is 353 g/mol. The van der Waals surface area contributed by atoms with E-state index < -0.39 is 17.6 Å². The first-order valence-electron chi connectivity index (χ1n) is 7.47. The molecule has 0 aliphatic heterocycles. The highest BCUT2D eigenvalue weighted by molar-refractivity contribution is 5.92. The quantitative estimate of drug-likeness (QED) is 0.835. The Kier molecular flexibility index (Phi) is 5.92. The Morgan fingerprint density at radius 3 is 2.44 bits per heavy atom. The number of nitrogens with one attached hydrogen (secondary N) is 2. The summed E-state index contributed by atoms with van der Waals surface area (Å²) in [7, 11) is 3.76. The topological polar surface area (TPSA) is 70.2 Å². The zero-order chi connectivity index (χ0) is 18.4. The van der Waals surface area contributed by atoms with Crippen molar-refractivity contribution < 1.29 is 18.0 Å². The lowest BCUT2D eigenvalue weighted by Crippen LogP contribution is -2.31. The van der Waals surface area contributed by atoms with E-state index in [1.54, 1.807) is 0 Å². The van der Waals surface area contributed by atoms with Gasteiger partial charge in [0.1, 0.15) is 0 Å². The molecule has 0 bridgehead atoms. The Morgan fingerprint density at radius 2 is 1.84 bits per heavy atom. The van der Waals surface area contributed by atoms with Crippen molar-refractivity contribution in [1.29, 1.82) is 0 Å². The van der Waals surface area contributed by atoms with Crippen molar-refractivity contribution in [3.05, 3.63) is 47.7 Å². The summed E-state index contributed by atoms with van der Waals surface area (Å²) in [5.41, 5.74) is -0.844. The lowest BCUT2D eigenvalue weighted by molar-refractivity contribution is -0.136. The van der Waals surface area contributed by atoms with Crippen LogP contribution in [0.25, 0.3) is 0 Å². The van der Waals surface area contributed by atoms with E-state index in [0.29, 0.717) is 13.1 Å². The minimum Gasteiger partial charge on any atom is -0.349 e. The van der Waals surface area contributed by atoms with Crippen LogP contribution in [-0.2, 0) is 6.18 Å². The first-order valence-corrected chi connectivity index (χ1v) is 7.47. The normalized spacial score (nSPS) is 11.4. The molecule has 0 saturated carbocycles. The maximum atomic E-state index is 13.0. The number of hydrogen-bond acceptors (Lipinski definition) is 5. The molecule has 1 amide bonds. The smallest absolute Gasteiger partial charge is 0.349 e. The molecule has 1 heterocycles. The summed E-state index contributed by atoms with van der Waals surface area (Å²) in [4.78, 5) is 13.8. The van der Waals surface area contributed by atoms with Crippen LogP contribution in [0.2, 0.25) is 0 Å². The second-order valence-corrected chi connectivity index (χ2v) is 5.53. The third-order valence-corrected chi connectivity index (χ3v) is 3.24. The molecule has 134 valence electrons. The molecular formula is C16H18F3N5O. The van der Waals surface area contributed by atoms with Crippen LogP contribution in [0, 0.1) is 0 Å². The third-order valence-electron chi connectivity index (χ3n) is 3.24. The summed E-state index contributed by atoms with van der Waals surface area (Å²) >= 11 is 0. The van der Waals surface area contributed by atoms with E-state index in [2.05, 4.69) is 20.8 Å². The van der Waals surface area contributed by atoms with E-state index in [9.17, 15) is 18.0 Å². The van der Waals surface area contributed by atoms with E-state index in [1.807, 2.05) is 19.0 Å². The molecule has 9 heteroatoms. The number of hydrogen-bond donors (Lipinski definition) is 2. The van der Waals surface area contributed by atoms with Crippen LogP contribution in [0.4, 0.5) is 24.7 Å². The third kappa shape index (κ3) is 5.42. The van der Waals surface area contributed by atoms with Crippen LogP contribution in [0.3, 0.4) is 0 Å². The van der Waals surface area contributed by atoms with E-state index in [-0.39, 0.29) is 17.2 Å². The standard InChI is InChI=1S/C16H18F3N5O/c1-24(2)10-9-20-15(25)13-7-8-14(23-22-13)21-12-6-4-3-5-11(12)16(17,18)19/h3-8H,9-10H2,1-2H3,(H,20,25)(H,21,23). The van der Waals surface area contributed by atoms with Gasteiger partial charge in [-0.25, -0.2) is 0 Å². The number of halogens is 3. The van der Waals surface area contributed by atoms with Crippen molar-refractivity contribution in [2.75, 3.05) is 32.5 Å². The summed E-state index contributed by atoms with van der Waals surface area (Å²) in [6.45, 7) is 1.12. The minimum atomic E-state index is -4.48. The first kappa shape index (κ1) is 18.7. The number of benzene rings is 1. The van der Waals surface area contributed by atoms with Crippen molar-refractivity contribution in [1.82, 2.24) is 20.4 Å². The summed E-state index contributed by atoms with van der Waals surface area (Å²) < 4.78 is 38.9. The van der Waals surface area contributed by atoms with Crippen molar-refractivity contribution >= 4 is 17.4 Å². The fraction of sp³-hybridized carbons (Fsp3) is 0.312. The Bertz CT molecular complexity index is 716. The van der Waals surface area contributed by atoms with Crippen LogP contribution >= 0.6 is 0 Å². The van der Waals surface area contributed by atoms with Gasteiger partial charge in [-0.05, 0) is 38.4 Å². The number of para-hydroxylation sites is 1. The molecule has 2 rings (SSSR count). The van der Waals surface area contributed by atoms with Gasteiger partial charge in [0.25, 0.3) is 5.91 Å². The molecule has 0 saturated heterocycles. The molecule has 0 aliphatic rings. The fourth-order valence-electron chi connectivity index (χ4n) is 1.98. The van der Waals surface area contributed by atoms with E-state index in [1.165, 1.54) is 30.3 Å². The van der Waals surface area contributed by atoms with Gasteiger partial charge >= 0.3 is 6.18 Å². The number of amides is 1. The number of anilines is 2. The number of rotatable bonds is 6. The van der Waals surface area contributed by atoms with E-state index >= 15 is 0 Å². The number of nitrogens with zero attached hydrogens (tertiary/aromatic N) is 3. The Hall–Kier alpha value is -2.68. The van der Waals surface area contributed by atoms with Gasteiger partial charge in [-0.1, -0.05) is 12.1 Å². The maximum absolute atomic E-state index is 13.0. The molecule has 0 atom stereocenters. The average Bonchev–Trinajstić information content (AvgIpc) is 2.54. The van der Waals surface area contributed by atoms with Gasteiger partial charge in [0.2, 0.25) is 0 Å². The van der Waals surface area contributed by atoms with E-state index in [0.717, 1.165) is 6.07 Å². The van der Waals surface area contributed by atoms with Crippen LogP contribution < -0.4 is 10.6 Å². The van der Waals surface area contributed by atoms with Crippen LogP contribution in [0.5, 0.6) is 0 Å². The molecule has 0 radical (unpaired) electrons. The first-order chi connectivity index (χ1) is 11.8. The van der Waals surface area contributed by atoms with Gasteiger partial charge in [0, 0.05) is 13.1 Å². The fourth-order valence-corrected chi connectivity index (χ4v) is 1.98. The van der Waals surface area contributed by atoms with Gasteiger partial charge in [0.15, 0.2) is 11.5 Å². The molecule has 0 fully saturated rings. The van der Waals surface area contributed by atoms with Gasteiger partial charge in [-0.2, -0.15) is 13.2 Å². The molecule has 6 nitrogen and oxygen atoms in total. The van der Waals surface area contributed by atoms with Gasteiger partial charge in [0.05, 0.1) is 11.3 Å². The van der Waals surface area contributed by atoms with Crippen molar-refractivity contribution in [3.63, 3.8) is 0 Å².